The number of ether oxygens (including phenoxy) is 1. The monoisotopic (exact) mass is 361 g/mol. The second-order valence-corrected chi connectivity index (χ2v) is 6.85. The molecule has 3 N–H and O–H groups in total. The van der Waals surface area contributed by atoms with E-state index >= 15 is 0 Å². The molecule has 1 atom stereocenters. The van der Waals surface area contributed by atoms with Gasteiger partial charge in [0.1, 0.15) is 11.8 Å². The Labute approximate surface area is 153 Å². The fourth-order valence-corrected chi connectivity index (χ4v) is 2.84. The molecule has 0 heterocycles. The summed E-state index contributed by atoms with van der Waals surface area (Å²) in [6.45, 7) is 5.43. The summed E-state index contributed by atoms with van der Waals surface area (Å²) in [7, 11) is 0. The van der Waals surface area contributed by atoms with Gasteiger partial charge in [-0.05, 0) is 57.9 Å². The molecule has 0 saturated heterocycles. The van der Waals surface area contributed by atoms with Gasteiger partial charge in [-0.3, -0.25) is 25.2 Å². The van der Waals surface area contributed by atoms with Crippen LogP contribution < -0.4 is 20.9 Å². The normalized spacial score (nSPS) is 15.4. The Morgan fingerprint density at radius 1 is 1.00 bits per heavy atom. The average Bonchev–Trinajstić information content (AvgIpc) is 3.14. The zero-order valence-corrected chi connectivity index (χ0v) is 15.5. The molecule has 142 valence electrons. The molecule has 1 aliphatic carbocycles. The quantitative estimate of drug-likeness (QED) is 0.675. The van der Waals surface area contributed by atoms with Crippen LogP contribution in [0.5, 0.6) is 5.75 Å². The van der Waals surface area contributed by atoms with Crippen LogP contribution in [0.3, 0.4) is 0 Å². The first-order valence-corrected chi connectivity index (χ1v) is 9.04. The third kappa shape index (κ3) is 5.75. The predicted octanol–water partition coefficient (Wildman–Crippen LogP) is 1.93. The van der Waals surface area contributed by atoms with Crippen LogP contribution in [0.2, 0.25) is 0 Å². The molecular formula is C19H27N3O4. The van der Waals surface area contributed by atoms with E-state index in [9.17, 15) is 14.4 Å². The summed E-state index contributed by atoms with van der Waals surface area (Å²) in [5.74, 6) is -0.347. The van der Waals surface area contributed by atoms with Crippen molar-refractivity contribution >= 4 is 17.7 Å². The number of amides is 3. The molecule has 0 bridgehead atoms. The van der Waals surface area contributed by atoms with E-state index in [4.69, 9.17) is 4.74 Å². The van der Waals surface area contributed by atoms with Crippen molar-refractivity contribution in [2.75, 3.05) is 0 Å². The molecule has 1 aliphatic rings. The summed E-state index contributed by atoms with van der Waals surface area (Å²) in [6, 6.07) is 5.90. The first-order valence-electron chi connectivity index (χ1n) is 9.04. The number of hydrogen-bond acceptors (Lipinski definition) is 4. The molecule has 0 spiro atoms. The van der Waals surface area contributed by atoms with Crippen molar-refractivity contribution in [1.82, 2.24) is 16.2 Å². The minimum Gasteiger partial charge on any atom is -0.491 e. The highest BCUT2D eigenvalue weighted by Gasteiger charge is 2.25. The molecular weight excluding hydrogens is 334 g/mol. The Morgan fingerprint density at radius 2 is 1.62 bits per heavy atom. The molecule has 2 rings (SSSR count). The molecule has 26 heavy (non-hydrogen) atoms. The topological polar surface area (TPSA) is 96.5 Å². The number of nitrogens with one attached hydrogen (secondary N) is 3. The van der Waals surface area contributed by atoms with E-state index in [2.05, 4.69) is 16.2 Å². The molecule has 7 heteroatoms. The van der Waals surface area contributed by atoms with E-state index in [1.165, 1.54) is 0 Å². The lowest BCUT2D eigenvalue weighted by atomic mass is 10.1. The highest BCUT2D eigenvalue weighted by Crippen LogP contribution is 2.24. The van der Waals surface area contributed by atoms with Gasteiger partial charge in [-0.1, -0.05) is 12.8 Å². The molecule has 3 amide bonds. The largest absolute Gasteiger partial charge is 0.491 e. The molecule has 1 saturated carbocycles. The fraction of sp³-hybridized carbons (Fsp3) is 0.526. The van der Waals surface area contributed by atoms with Crippen LogP contribution >= 0.6 is 0 Å². The van der Waals surface area contributed by atoms with Crippen LogP contribution in [-0.2, 0) is 9.59 Å². The zero-order valence-electron chi connectivity index (χ0n) is 15.5. The molecule has 0 aromatic heterocycles. The molecule has 0 unspecified atom stereocenters. The number of benzene rings is 1. The third-order valence-corrected chi connectivity index (χ3v) is 4.27. The highest BCUT2D eigenvalue weighted by molar-refractivity contribution is 5.96. The van der Waals surface area contributed by atoms with Crippen LogP contribution in [-0.4, -0.2) is 29.9 Å². The minimum atomic E-state index is -0.717. The van der Waals surface area contributed by atoms with Gasteiger partial charge in [-0.2, -0.15) is 0 Å². The number of carbonyl (C=O) groups excluding carboxylic acids is 3. The summed E-state index contributed by atoms with van der Waals surface area (Å²) < 4.78 is 5.52. The van der Waals surface area contributed by atoms with Gasteiger partial charge in [0.05, 0.1) is 6.10 Å². The Hall–Kier alpha value is -2.57. The van der Waals surface area contributed by atoms with Gasteiger partial charge in [0.2, 0.25) is 5.91 Å². The molecule has 1 fully saturated rings. The van der Waals surface area contributed by atoms with Gasteiger partial charge in [-0.25, -0.2) is 0 Å². The van der Waals surface area contributed by atoms with Crippen molar-refractivity contribution in [2.45, 2.75) is 58.6 Å². The van der Waals surface area contributed by atoms with Crippen molar-refractivity contribution in [2.24, 2.45) is 5.92 Å². The lowest BCUT2D eigenvalue weighted by Crippen LogP contribution is -2.51. The number of rotatable bonds is 6. The van der Waals surface area contributed by atoms with Gasteiger partial charge < -0.3 is 10.1 Å². The van der Waals surface area contributed by atoms with Crippen molar-refractivity contribution in [3.05, 3.63) is 29.8 Å². The van der Waals surface area contributed by atoms with E-state index in [1.807, 2.05) is 13.8 Å². The van der Waals surface area contributed by atoms with E-state index in [0.717, 1.165) is 25.7 Å². The van der Waals surface area contributed by atoms with Crippen LogP contribution in [0, 0.1) is 5.92 Å². The van der Waals surface area contributed by atoms with Crippen LogP contribution in [0.1, 0.15) is 56.8 Å². The van der Waals surface area contributed by atoms with Crippen molar-refractivity contribution in [3.8, 4) is 5.75 Å². The van der Waals surface area contributed by atoms with E-state index < -0.39 is 17.9 Å². The standard InChI is InChI=1S/C19H27N3O4/c1-12(2)26-16-10-8-15(9-11-16)19(25)22-21-17(23)13(3)20-18(24)14-6-4-5-7-14/h8-14H,4-7H2,1-3H3,(H,20,24)(H,21,23)(H,22,25)/t13-/m0/s1. The SMILES string of the molecule is CC(C)Oc1ccc(C(=O)NNC(=O)[C@H](C)NC(=O)C2CCCC2)cc1. The summed E-state index contributed by atoms with van der Waals surface area (Å²) >= 11 is 0. The van der Waals surface area contributed by atoms with Gasteiger partial charge in [0.25, 0.3) is 11.8 Å². The van der Waals surface area contributed by atoms with Gasteiger partial charge in [-0.15, -0.1) is 0 Å². The third-order valence-electron chi connectivity index (χ3n) is 4.27. The lowest BCUT2D eigenvalue weighted by Gasteiger charge is -2.17. The average molecular weight is 361 g/mol. The molecule has 0 aliphatic heterocycles. The first-order chi connectivity index (χ1) is 12.4. The summed E-state index contributed by atoms with van der Waals surface area (Å²) in [5, 5.41) is 2.69. The highest BCUT2D eigenvalue weighted by atomic mass is 16.5. The molecule has 7 nitrogen and oxygen atoms in total. The van der Waals surface area contributed by atoms with E-state index in [1.54, 1.807) is 31.2 Å². The summed E-state index contributed by atoms with van der Waals surface area (Å²) in [6.07, 6.45) is 3.89. The Bertz CT molecular complexity index is 637. The number of hydrogen-bond donors (Lipinski definition) is 3. The Balaban J connectivity index is 1.78. The maximum atomic E-state index is 12.1. The van der Waals surface area contributed by atoms with Crippen LogP contribution in [0.4, 0.5) is 0 Å². The second kappa shape index (κ2) is 9.22. The van der Waals surface area contributed by atoms with Crippen molar-refractivity contribution in [1.29, 1.82) is 0 Å². The van der Waals surface area contributed by atoms with Gasteiger partial charge in [0.15, 0.2) is 0 Å². The zero-order chi connectivity index (χ0) is 19.1. The molecule has 1 aromatic rings. The lowest BCUT2D eigenvalue weighted by molar-refractivity contribution is -0.131. The molecule has 0 radical (unpaired) electrons. The predicted molar refractivity (Wildman–Crippen MR) is 97.4 cm³/mol. The number of carbonyl (C=O) groups is 3. The van der Waals surface area contributed by atoms with Crippen molar-refractivity contribution in [3.63, 3.8) is 0 Å². The molecule has 1 aromatic carbocycles. The maximum Gasteiger partial charge on any atom is 0.269 e. The van der Waals surface area contributed by atoms with E-state index in [-0.39, 0.29) is 17.9 Å². The maximum absolute atomic E-state index is 12.1. The minimum absolute atomic E-state index is 0.00795. The number of hydrazine groups is 1. The van der Waals surface area contributed by atoms with Crippen LogP contribution in [0.25, 0.3) is 0 Å². The van der Waals surface area contributed by atoms with E-state index in [0.29, 0.717) is 11.3 Å². The second-order valence-electron chi connectivity index (χ2n) is 6.85. The van der Waals surface area contributed by atoms with Crippen LogP contribution in [0.15, 0.2) is 24.3 Å². The fourth-order valence-electron chi connectivity index (χ4n) is 2.84. The van der Waals surface area contributed by atoms with Crippen molar-refractivity contribution < 1.29 is 19.1 Å². The Kier molecular flexibility index (Phi) is 7.00. The summed E-state index contributed by atoms with van der Waals surface area (Å²) in [4.78, 5) is 36.2. The first kappa shape index (κ1) is 19.8. The smallest absolute Gasteiger partial charge is 0.269 e. The Morgan fingerprint density at radius 3 is 2.19 bits per heavy atom. The summed E-state index contributed by atoms with van der Waals surface area (Å²) in [5.41, 5.74) is 5.08. The van der Waals surface area contributed by atoms with Gasteiger partial charge >= 0.3 is 0 Å². The van der Waals surface area contributed by atoms with Gasteiger partial charge in [0, 0.05) is 11.5 Å².